The third-order valence-corrected chi connectivity index (χ3v) is 5.90. The molecule has 9 nitrogen and oxygen atoms in total. The van der Waals surface area contributed by atoms with E-state index in [4.69, 9.17) is 9.47 Å². The number of benzene rings is 1. The number of esters is 2. The van der Waals surface area contributed by atoms with Gasteiger partial charge in [-0.2, -0.15) is 0 Å². The Kier molecular flexibility index (Phi) is 6.54. The van der Waals surface area contributed by atoms with Crippen molar-refractivity contribution >= 4 is 19.5 Å². The van der Waals surface area contributed by atoms with Crippen LogP contribution in [0.5, 0.6) is 11.5 Å². The van der Waals surface area contributed by atoms with Crippen molar-refractivity contribution < 1.29 is 43.3 Å². The van der Waals surface area contributed by atoms with Gasteiger partial charge in [0.25, 0.3) is 0 Å². The maximum atomic E-state index is 11.9. The lowest BCUT2D eigenvalue weighted by atomic mass is 9.94. The first-order valence-corrected chi connectivity index (χ1v) is 10.1. The number of aromatic hydroxyl groups is 1. The molecule has 0 fully saturated rings. The highest BCUT2D eigenvalue weighted by atomic mass is 31.2. The molecule has 0 saturated heterocycles. The van der Waals surface area contributed by atoms with Crippen LogP contribution >= 0.6 is 7.60 Å². The van der Waals surface area contributed by atoms with Crippen LogP contribution in [0.4, 0.5) is 0 Å². The van der Waals surface area contributed by atoms with Gasteiger partial charge >= 0.3 is 19.5 Å². The molecule has 0 spiro atoms. The van der Waals surface area contributed by atoms with Gasteiger partial charge in [-0.3, -0.25) is 9.36 Å². The van der Waals surface area contributed by atoms with Crippen LogP contribution in [0.3, 0.4) is 0 Å². The summed E-state index contributed by atoms with van der Waals surface area (Å²) < 4.78 is 26.4. The van der Waals surface area contributed by atoms with Crippen molar-refractivity contribution in [3.05, 3.63) is 33.9 Å². The first-order valence-electron chi connectivity index (χ1n) is 8.39. The van der Waals surface area contributed by atoms with Gasteiger partial charge < -0.3 is 29.1 Å². The quantitative estimate of drug-likeness (QED) is 0.347. The Morgan fingerprint density at radius 3 is 2.54 bits per heavy atom. The minimum absolute atomic E-state index is 0.0577. The van der Waals surface area contributed by atoms with Crippen LogP contribution in [0.2, 0.25) is 0 Å². The second-order valence-corrected chi connectivity index (χ2v) is 8.30. The highest BCUT2D eigenvalue weighted by Gasteiger charge is 2.37. The van der Waals surface area contributed by atoms with Gasteiger partial charge in [0.15, 0.2) is 5.66 Å². The lowest BCUT2D eigenvalue weighted by Crippen LogP contribution is -2.22. The smallest absolute Gasteiger partial charge is 0.342 e. The topological polar surface area (TPSA) is 140 Å². The zero-order chi connectivity index (χ0) is 21.2. The minimum Gasteiger partial charge on any atom is -0.507 e. The Morgan fingerprint density at radius 2 is 2.00 bits per heavy atom. The monoisotopic (exact) mass is 414 g/mol. The van der Waals surface area contributed by atoms with Gasteiger partial charge in [0.05, 0.1) is 14.2 Å². The molecule has 1 heterocycles. The zero-order valence-corrected chi connectivity index (χ0v) is 16.9. The Morgan fingerprint density at radius 1 is 1.36 bits per heavy atom. The summed E-state index contributed by atoms with van der Waals surface area (Å²) in [5.74, 6) is -1.47. The van der Waals surface area contributed by atoms with Gasteiger partial charge in [0, 0.05) is 11.1 Å². The molecule has 1 aliphatic rings. The number of allylic oxidation sites excluding steroid dienone is 2. The number of phenolic OH excluding ortho intramolecular Hbond substituents is 1. The van der Waals surface area contributed by atoms with Crippen LogP contribution < -0.4 is 4.74 Å². The van der Waals surface area contributed by atoms with Gasteiger partial charge in [0.2, 0.25) is 0 Å². The number of carbonyl (C=O) groups is 2. The summed E-state index contributed by atoms with van der Waals surface area (Å²) in [6.07, 6.45) is 1.51. The van der Waals surface area contributed by atoms with E-state index in [1.807, 2.05) is 0 Å². The van der Waals surface area contributed by atoms with E-state index >= 15 is 0 Å². The molecule has 0 radical (unpaired) electrons. The van der Waals surface area contributed by atoms with E-state index in [9.17, 15) is 29.0 Å². The van der Waals surface area contributed by atoms with E-state index in [-0.39, 0.29) is 30.8 Å². The summed E-state index contributed by atoms with van der Waals surface area (Å²) in [5.41, 5.74) is 0.576. The van der Waals surface area contributed by atoms with Crippen LogP contribution in [-0.4, -0.2) is 46.7 Å². The van der Waals surface area contributed by atoms with Gasteiger partial charge in [-0.1, -0.05) is 11.6 Å². The molecule has 0 bridgehead atoms. The Hall–Kier alpha value is -2.35. The SMILES string of the molecule is COC(=O)C(C/C(C)=C/Cc1c(O)c2c(c(C)c1OC)COC2=O)P(=O)(O)O. The fraction of sp³-hybridized carbons (Fsp3) is 0.444. The molecule has 28 heavy (non-hydrogen) atoms. The molecule has 0 aromatic heterocycles. The van der Waals surface area contributed by atoms with E-state index in [0.717, 1.165) is 7.11 Å². The van der Waals surface area contributed by atoms with Crippen molar-refractivity contribution in [2.45, 2.75) is 39.0 Å². The number of rotatable bonds is 7. The molecule has 10 heteroatoms. The number of hydrogen-bond donors (Lipinski definition) is 3. The molecule has 154 valence electrons. The van der Waals surface area contributed by atoms with Crippen molar-refractivity contribution in [3.63, 3.8) is 0 Å². The number of cyclic esters (lactones) is 1. The van der Waals surface area contributed by atoms with Crippen molar-refractivity contribution in [1.29, 1.82) is 0 Å². The number of methoxy groups -OCH3 is 2. The van der Waals surface area contributed by atoms with Crippen molar-refractivity contribution in [3.8, 4) is 11.5 Å². The standard InChI is InChI=1S/C18H23O9P/c1-9(7-13(17(20)26-4)28(22,23)24)5-6-11-15(19)14-12(8-27-18(14)21)10(2)16(11)25-3/h5,13,19H,6-8H2,1-4H3,(H2,22,23,24)/b9-5+. The van der Waals surface area contributed by atoms with E-state index < -0.39 is 25.2 Å². The summed E-state index contributed by atoms with van der Waals surface area (Å²) in [6, 6.07) is 0. The predicted octanol–water partition coefficient (Wildman–Crippen LogP) is 1.98. The molecule has 2 rings (SSSR count). The molecule has 0 amide bonds. The van der Waals surface area contributed by atoms with Gasteiger partial charge in [0.1, 0.15) is 23.7 Å². The molecule has 0 aliphatic carbocycles. The number of fused-ring (bicyclic) bond motifs is 1. The predicted molar refractivity (Wildman–Crippen MR) is 98.4 cm³/mol. The molecule has 0 saturated carbocycles. The van der Waals surface area contributed by atoms with Crippen molar-refractivity contribution in [2.75, 3.05) is 14.2 Å². The Labute approximate surface area is 162 Å². The van der Waals surface area contributed by atoms with Gasteiger partial charge in [-0.25, -0.2) is 4.79 Å². The van der Waals surface area contributed by atoms with Crippen molar-refractivity contribution in [2.24, 2.45) is 0 Å². The zero-order valence-electron chi connectivity index (χ0n) is 16.0. The fourth-order valence-electron chi connectivity index (χ4n) is 3.17. The van der Waals surface area contributed by atoms with E-state index in [1.54, 1.807) is 19.9 Å². The average Bonchev–Trinajstić information content (AvgIpc) is 3.02. The molecular formula is C18H23O9P. The molecule has 1 atom stereocenters. The van der Waals surface area contributed by atoms with Crippen LogP contribution in [0.1, 0.15) is 40.4 Å². The number of hydrogen-bond acceptors (Lipinski definition) is 7. The third-order valence-electron chi connectivity index (χ3n) is 4.70. The highest BCUT2D eigenvalue weighted by molar-refractivity contribution is 7.53. The minimum atomic E-state index is -4.70. The summed E-state index contributed by atoms with van der Waals surface area (Å²) >= 11 is 0. The summed E-state index contributed by atoms with van der Waals surface area (Å²) in [7, 11) is -2.21. The Balaban J connectivity index is 2.36. The normalized spacial score (nSPS) is 15.1. The third kappa shape index (κ3) is 4.22. The van der Waals surface area contributed by atoms with Crippen LogP contribution in [0.15, 0.2) is 11.6 Å². The number of phenols is 1. The Bertz CT molecular complexity index is 882. The van der Waals surface area contributed by atoms with Gasteiger partial charge in [-0.05, 0) is 32.3 Å². The van der Waals surface area contributed by atoms with Crippen LogP contribution in [0, 0.1) is 6.92 Å². The summed E-state index contributed by atoms with van der Waals surface area (Å²) in [6.45, 7) is 3.41. The number of ether oxygens (including phenoxy) is 3. The van der Waals surface area contributed by atoms with E-state index in [2.05, 4.69) is 4.74 Å². The molecule has 1 aliphatic heterocycles. The highest BCUT2D eigenvalue weighted by Crippen LogP contribution is 2.45. The fourth-order valence-corrected chi connectivity index (χ4v) is 4.07. The number of carbonyl (C=O) groups excluding carboxylic acids is 2. The molecule has 3 N–H and O–H groups in total. The van der Waals surface area contributed by atoms with Gasteiger partial charge in [-0.15, -0.1) is 0 Å². The lowest BCUT2D eigenvalue weighted by Gasteiger charge is -2.17. The molecular weight excluding hydrogens is 391 g/mol. The molecule has 1 aromatic rings. The van der Waals surface area contributed by atoms with Crippen LogP contribution in [0.25, 0.3) is 0 Å². The summed E-state index contributed by atoms with van der Waals surface area (Å²) in [5, 5.41) is 10.6. The summed E-state index contributed by atoms with van der Waals surface area (Å²) in [4.78, 5) is 42.4. The molecule has 1 unspecified atom stereocenters. The largest absolute Gasteiger partial charge is 0.507 e. The second-order valence-electron chi connectivity index (χ2n) is 6.50. The lowest BCUT2D eigenvalue weighted by molar-refractivity contribution is -0.140. The second kappa shape index (κ2) is 8.34. The average molecular weight is 414 g/mol. The maximum Gasteiger partial charge on any atom is 0.342 e. The first kappa shape index (κ1) is 21.9. The van der Waals surface area contributed by atoms with Crippen LogP contribution in [-0.2, 0) is 31.9 Å². The molecule has 1 aromatic carbocycles. The maximum absolute atomic E-state index is 11.9. The van der Waals surface area contributed by atoms with Crippen molar-refractivity contribution in [1.82, 2.24) is 0 Å². The van der Waals surface area contributed by atoms with E-state index in [0.29, 0.717) is 28.0 Å². The van der Waals surface area contributed by atoms with E-state index in [1.165, 1.54) is 7.11 Å². The first-order chi connectivity index (χ1) is 13.0.